The van der Waals surface area contributed by atoms with Gasteiger partial charge in [-0.25, -0.2) is 0 Å². The van der Waals surface area contributed by atoms with E-state index in [9.17, 15) is 9.59 Å². The van der Waals surface area contributed by atoms with E-state index in [2.05, 4.69) is 20.6 Å². The van der Waals surface area contributed by atoms with E-state index >= 15 is 0 Å². The van der Waals surface area contributed by atoms with Crippen molar-refractivity contribution in [3.63, 3.8) is 0 Å². The monoisotopic (exact) mass is 344 g/mol. The largest absolute Gasteiger partial charge is 0.361 e. The normalized spacial score (nSPS) is 14.6. The number of amides is 2. The molecular formula is C20H16N4O2. The van der Waals surface area contributed by atoms with Crippen molar-refractivity contribution >= 4 is 34.3 Å². The van der Waals surface area contributed by atoms with Gasteiger partial charge in [0.15, 0.2) is 0 Å². The molecule has 4 rings (SSSR count). The summed E-state index contributed by atoms with van der Waals surface area (Å²) in [5.74, 6) is -0.398. The number of pyridine rings is 1. The molecule has 26 heavy (non-hydrogen) atoms. The predicted molar refractivity (Wildman–Crippen MR) is 101 cm³/mol. The minimum atomic E-state index is -0.248. The summed E-state index contributed by atoms with van der Waals surface area (Å²) >= 11 is 0. The van der Waals surface area contributed by atoms with Gasteiger partial charge in [0.25, 0.3) is 11.8 Å². The van der Waals surface area contributed by atoms with E-state index < -0.39 is 0 Å². The number of rotatable bonds is 3. The molecule has 128 valence electrons. The first-order chi connectivity index (χ1) is 12.6. The first kappa shape index (κ1) is 15.8. The lowest BCUT2D eigenvalue weighted by Crippen LogP contribution is -2.12. The maximum atomic E-state index is 12.4. The van der Waals surface area contributed by atoms with Crippen LogP contribution in [0.4, 0.5) is 11.4 Å². The second kappa shape index (κ2) is 6.33. The van der Waals surface area contributed by atoms with E-state index in [4.69, 9.17) is 0 Å². The number of benzene rings is 1. The number of fused-ring (bicyclic) bond motifs is 1. The molecule has 3 N–H and O–H groups in total. The highest BCUT2D eigenvalue weighted by Gasteiger charge is 2.27. The fourth-order valence-corrected chi connectivity index (χ4v) is 3.02. The summed E-state index contributed by atoms with van der Waals surface area (Å²) in [5.41, 5.74) is 4.92. The number of anilines is 2. The summed E-state index contributed by atoms with van der Waals surface area (Å²) in [5, 5.41) is 5.72. The molecular weight excluding hydrogens is 328 g/mol. The van der Waals surface area contributed by atoms with E-state index in [0.717, 1.165) is 22.5 Å². The smallest absolute Gasteiger partial charge is 0.257 e. The average molecular weight is 344 g/mol. The minimum Gasteiger partial charge on any atom is -0.361 e. The summed E-state index contributed by atoms with van der Waals surface area (Å²) < 4.78 is 0. The highest BCUT2D eigenvalue weighted by molar-refractivity contribution is 6.36. The van der Waals surface area contributed by atoms with Crippen molar-refractivity contribution in [2.45, 2.75) is 6.92 Å². The summed E-state index contributed by atoms with van der Waals surface area (Å²) in [7, 11) is 0. The van der Waals surface area contributed by atoms with Crippen LogP contribution in [-0.4, -0.2) is 21.8 Å². The van der Waals surface area contributed by atoms with Gasteiger partial charge in [-0.2, -0.15) is 0 Å². The number of H-pyrrole nitrogens is 1. The molecule has 0 aliphatic carbocycles. The van der Waals surface area contributed by atoms with Gasteiger partial charge in [-0.1, -0.05) is 0 Å². The number of carbonyl (C=O) groups is 2. The van der Waals surface area contributed by atoms with Crippen LogP contribution in [0.25, 0.3) is 11.1 Å². The maximum Gasteiger partial charge on any atom is 0.257 e. The van der Waals surface area contributed by atoms with Crippen LogP contribution in [0.1, 0.15) is 28.5 Å². The van der Waals surface area contributed by atoms with Gasteiger partial charge in [-0.3, -0.25) is 14.6 Å². The van der Waals surface area contributed by atoms with E-state index in [1.807, 2.05) is 31.3 Å². The number of allylic oxidation sites excluding steroid dienone is 1. The lowest BCUT2D eigenvalue weighted by atomic mass is 9.99. The average Bonchev–Trinajstić information content (AvgIpc) is 3.29. The van der Waals surface area contributed by atoms with Crippen LogP contribution in [-0.2, 0) is 4.79 Å². The highest BCUT2D eigenvalue weighted by Crippen LogP contribution is 2.38. The quantitative estimate of drug-likeness (QED) is 0.635. The van der Waals surface area contributed by atoms with Crippen molar-refractivity contribution in [2.75, 3.05) is 10.6 Å². The second-order valence-electron chi connectivity index (χ2n) is 5.99. The number of aromatic nitrogens is 2. The molecule has 1 aliphatic heterocycles. The maximum absolute atomic E-state index is 12.4. The molecule has 2 aromatic heterocycles. The Morgan fingerprint density at radius 1 is 1.15 bits per heavy atom. The fraction of sp³-hybridized carbons (Fsp3) is 0.0500. The Hall–Kier alpha value is -3.67. The number of carbonyl (C=O) groups excluding carboxylic acids is 2. The van der Waals surface area contributed by atoms with E-state index in [1.165, 1.54) is 6.20 Å². The lowest BCUT2D eigenvalue weighted by molar-refractivity contribution is -0.110. The van der Waals surface area contributed by atoms with Crippen LogP contribution >= 0.6 is 0 Å². The fourth-order valence-electron chi connectivity index (χ4n) is 3.02. The Morgan fingerprint density at radius 3 is 2.77 bits per heavy atom. The van der Waals surface area contributed by atoms with Crippen molar-refractivity contribution in [3.8, 4) is 0 Å². The number of hydrogen-bond acceptors (Lipinski definition) is 3. The molecule has 2 amide bonds. The van der Waals surface area contributed by atoms with Crippen molar-refractivity contribution in [2.24, 2.45) is 0 Å². The van der Waals surface area contributed by atoms with Crippen LogP contribution in [0, 0.1) is 0 Å². The molecule has 0 fully saturated rings. The Labute approximate surface area is 150 Å². The zero-order valence-electron chi connectivity index (χ0n) is 14.0. The van der Waals surface area contributed by atoms with Gasteiger partial charge in [-0.15, -0.1) is 0 Å². The SMILES string of the molecule is CC(=C1C(=O)Nc2ccc(NC(=O)c3cccnc3)cc21)c1ccc[nH]1. The number of nitrogens with one attached hydrogen (secondary N) is 3. The Morgan fingerprint density at radius 2 is 2.04 bits per heavy atom. The van der Waals surface area contributed by atoms with Crippen molar-refractivity contribution < 1.29 is 9.59 Å². The third kappa shape index (κ3) is 2.77. The molecule has 0 saturated heterocycles. The third-order valence-electron chi connectivity index (χ3n) is 4.32. The molecule has 3 heterocycles. The van der Waals surface area contributed by atoms with Crippen LogP contribution in [0.3, 0.4) is 0 Å². The zero-order valence-corrected chi connectivity index (χ0v) is 14.0. The van der Waals surface area contributed by atoms with E-state index in [-0.39, 0.29) is 11.8 Å². The first-order valence-electron chi connectivity index (χ1n) is 8.15. The number of aromatic amines is 1. The zero-order chi connectivity index (χ0) is 18.1. The van der Waals surface area contributed by atoms with Gasteiger partial charge in [0.05, 0.1) is 11.1 Å². The summed E-state index contributed by atoms with van der Waals surface area (Å²) in [6.07, 6.45) is 4.94. The number of hydrogen-bond donors (Lipinski definition) is 3. The Bertz CT molecular complexity index is 1020. The molecule has 6 heteroatoms. The molecule has 1 aliphatic rings. The van der Waals surface area contributed by atoms with Gasteiger partial charge in [0, 0.05) is 41.2 Å². The summed E-state index contributed by atoms with van der Waals surface area (Å²) in [6.45, 7) is 1.90. The highest BCUT2D eigenvalue weighted by atomic mass is 16.2. The molecule has 1 aromatic carbocycles. The predicted octanol–water partition coefficient (Wildman–Crippen LogP) is 3.54. The molecule has 0 saturated carbocycles. The topological polar surface area (TPSA) is 86.9 Å². The van der Waals surface area contributed by atoms with Crippen LogP contribution in [0.2, 0.25) is 0 Å². The van der Waals surface area contributed by atoms with Crippen molar-refractivity contribution in [1.82, 2.24) is 9.97 Å². The van der Waals surface area contributed by atoms with Gasteiger partial charge in [-0.05, 0) is 55.0 Å². The summed E-state index contributed by atoms with van der Waals surface area (Å²) in [4.78, 5) is 31.8. The van der Waals surface area contributed by atoms with E-state index in [0.29, 0.717) is 16.8 Å². The number of nitrogens with zero attached hydrogens (tertiary/aromatic N) is 1. The Balaban J connectivity index is 1.70. The minimum absolute atomic E-state index is 0.150. The molecule has 0 spiro atoms. The van der Waals surface area contributed by atoms with Crippen molar-refractivity contribution in [3.05, 3.63) is 77.9 Å². The van der Waals surface area contributed by atoms with Gasteiger partial charge in [0.2, 0.25) is 0 Å². The second-order valence-corrected chi connectivity index (χ2v) is 5.99. The summed E-state index contributed by atoms with van der Waals surface area (Å²) in [6, 6.07) is 12.6. The Kier molecular flexibility index (Phi) is 3.85. The molecule has 3 aromatic rings. The molecule has 6 nitrogen and oxygen atoms in total. The van der Waals surface area contributed by atoms with Gasteiger partial charge in [0.1, 0.15) is 0 Å². The van der Waals surface area contributed by atoms with Crippen molar-refractivity contribution in [1.29, 1.82) is 0 Å². The lowest BCUT2D eigenvalue weighted by Gasteiger charge is -2.08. The van der Waals surface area contributed by atoms with Crippen LogP contribution in [0.5, 0.6) is 0 Å². The molecule has 0 bridgehead atoms. The van der Waals surface area contributed by atoms with Gasteiger partial charge < -0.3 is 15.6 Å². The molecule has 0 atom stereocenters. The standard InChI is InChI=1S/C20H16N4O2/c1-12(16-5-3-9-22-16)18-15-10-14(6-7-17(15)24-20(18)26)23-19(25)13-4-2-8-21-11-13/h2-11,22H,1H3,(H,23,25)(H,24,26). The third-order valence-corrected chi connectivity index (χ3v) is 4.32. The van der Waals surface area contributed by atoms with Gasteiger partial charge >= 0.3 is 0 Å². The van der Waals surface area contributed by atoms with E-state index in [1.54, 1.807) is 30.5 Å². The van der Waals surface area contributed by atoms with Crippen LogP contribution < -0.4 is 10.6 Å². The molecule has 0 radical (unpaired) electrons. The molecule has 0 unspecified atom stereocenters. The first-order valence-corrected chi connectivity index (χ1v) is 8.15. The van der Waals surface area contributed by atoms with Crippen LogP contribution in [0.15, 0.2) is 61.1 Å².